The van der Waals surface area contributed by atoms with E-state index in [9.17, 15) is 14.7 Å². The fraction of sp³-hybridized carbons (Fsp3) is 0.312. The van der Waals surface area contributed by atoms with Crippen molar-refractivity contribution in [3.63, 3.8) is 0 Å². The third-order valence-corrected chi connectivity index (χ3v) is 4.65. The Hall–Kier alpha value is -2.15. The molecule has 1 aromatic heterocycles. The van der Waals surface area contributed by atoms with E-state index >= 15 is 0 Å². The lowest BCUT2D eigenvalue weighted by atomic mass is 9.90. The quantitative estimate of drug-likeness (QED) is 0.891. The molecule has 1 atom stereocenters. The Labute approximate surface area is 141 Å². The second kappa shape index (κ2) is 5.81. The normalized spacial score (nSPS) is 20.7. The third kappa shape index (κ3) is 3.01. The standard InChI is InChI=1S/C16H16BrN3O3/c1-16(15(22)23)6-8-19(10-16)14(21)13-5-7-20(18-13)12-4-2-3-11(17)9-12/h2-5,7,9H,6,8,10H2,1H3,(H,22,23)/t16-/m1/s1. The zero-order valence-corrected chi connectivity index (χ0v) is 14.2. The van der Waals surface area contributed by atoms with Gasteiger partial charge in [-0.05, 0) is 37.6 Å². The van der Waals surface area contributed by atoms with E-state index in [1.807, 2.05) is 24.3 Å². The Kier molecular flexibility index (Phi) is 3.97. The van der Waals surface area contributed by atoms with Crippen molar-refractivity contribution in [1.82, 2.24) is 14.7 Å². The SMILES string of the molecule is C[C@@]1(C(=O)O)CCN(C(=O)c2ccn(-c3cccc(Br)c3)n2)C1. The molecule has 1 N–H and O–H groups in total. The van der Waals surface area contributed by atoms with Gasteiger partial charge in [0.05, 0.1) is 11.1 Å². The molecule has 1 aromatic carbocycles. The molecule has 0 aliphatic carbocycles. The molecule has 1 saturated heterocycles. The summed E-state index contributed by atoms with van der Waals surface area (Å²) in [6.45, 7) is 2.32. The van der Waals surface area contributed by atoms with Crippen LogP contribution in [-0.4, -0.2) is 44.8 Å². The fourth-order valence-corrected chi connectivity index (χ4v) is 3.06. The van der Waals surface area contributed by atoms with Crippen LogP contribution in [0.2, 0.25) is 0 Å². The van der Waals surface area contributed by atoms with Crippen molar-refractivity contribution in [2.75, 3.05) is 13.1 Å². The van der Waals surface area contributed by atoms with Crippen molar-refractivity contribution in [2.24, 2.45) is 5.41 Å². The van der Waals surface area contributed by atoms with Crippen molar-refractivity contribution in [2.45, 2.75) is 13.3 Å². The van der Waals surface area contributed by atoms with Gasteiger partial charge in [0.1, 0.15) is 0 Å². The first kappa shape index (κ1) is 15.7. The Morgan fingerprint density at radius 2 is 2.13 bits per heavy atom. The Bertz CT molecular complexity index is 773. The van der Waals surface area contributed by atoms with Gasteiger partial charge in [-0.25, -0.2) is 4.68 Å². The average molecular weight is 378 g/mol. The maximum absolute atomic E-state index is 12.5. The van der Waals surface area contributed by atoms with Gasteiger partial charge in [-0.3, -0.25) is 9.59 Å². The van der Waals surface area contributed by atoms with E-state index in [1.54, 1.807) is 28.8 Å². The molecule has 2 heterocycles. The molecule has 1 aliphatic rings. The highest BCUT2D eigenvalue weighted by molar-refractivity contribution is 9.10. The van der Waals surface area contributed by atoms with Crippen LogP contribution in [-0.2, 0) is 4.79 Å². The molecule has 0 bridgehead atoms. The van der Waals surface area contributed by atoms with Gasteiger partial charge in [0.2, 0.25) is 0 Å². The number of amides is 1. The van der Waals surface area contributed by atoms with E-state index < -0.39 is 11.4 Å². The minimum atomic E-state index is -0.873. The number of carboxylic acids is 1. The van der Waals surface area contributed by atoms with Crippen LogP contribution in [0.4, 0.5) is 0 Å². The van der Waals surface area contributed by atoms with E-state index in [1.165, 1.54) is 0 Å². The number of aromatic nitrogens is 2. The van der Waals surface area contributed by atoms with Crippen LogP contribution in [0.3, 0.4) is 0 Å². The van der Waals surface area contributed by atoms with E-state index in [2.05, 4.69) is 21.0 Å². The predicted octanol–water partition coefficient (Wildman–Crippen LogP) is 2.57. The summed E-state index contributed by atoms with van der Waals surface area (Å²) >= 11 is 3.40. The summed E-state index contributed by atoms with van der Waals surface area (Å²) in [6.07, 6.45) is 2.18. The topological polar surface area (TPSA) is 75.4 Å². The first-order valence-electron chi connectivity index (χ1n) is 7.23. The highest BCUT2D eigenvalue weighted by atomic mass is 79.9. The smallest absolute Gasteiger partial charge is 0.311 e. The van der Waals surface area contributed by atoms with E-state index in [-0.39, 0.29) is 12.5 Å². The summed E-state index contributed by atoms with van der Waals surface area (Å²) in [4.78, 5) is 25.4. The molecule has 23 heavy (non-hydrogen) atoms. The van der Waals surface area contributed by atoms with Gasteiger partial charge >= 0.3 is 5.97 Å². The van der Waals surface area contributed by atoms with Crippen molar-refractivity contribution >= 4 is 27.8 Å². The molecule has 0 spiro atoms. The second-order valence-electron chi connectivity index (χ2n) is 5.97. The maximum atomic E-state index is 12.5. The zero-order valence-electron chi connectivity index (χ0n) is 12.6. The molecule has 3 rings (SSSR count). The Morgan fingerprint density at radius 1 is 1.35 bits per heavy atom. The largest absolute Gasteiger partial charge is 0.481 e. The summed E-state index contributed by atoms with van der Waals surface area (Å²) in [5.41, 5.74) is 0.289. The molecule has 0 unspecified atom stereocenters. The van der Waals surface area contributed by atoms with Crippen LogP contribution in [0.15, 0.2) is 41.0 Å². The number of aliphatic carboxylic acids is 1. The molecule has 120 valence electrons. The number of rotatable bonds is 3. The van der Waals surface area contributed by atoms with Gasteiger partial charge in [-0.15, -0.1) is 0 Å². The van der Waals surface area contributed by atoms with E-state index in [0.29, 0.717) is 18.7 Å². The highest BCUT2D eigenvalue weighted by Crippen LogP contribution is 2.30. The van der Waals surface area contributed by atoms with E-state index in [4.69, 9.17) is 0 Å². The fourth-order valence-electron chi connectivity index (χ4n) is 2.67. The number of carbonyl (C=O) groups excluding carboxylic acids is 1. The van der Waals surface area contributed by atoms with Crippen molar-refractivity contribution in [1.29, 1.82) is 0 Å². The van der Waals surface area contributed by atoms with Crippen LogP contribution in [0.1, 0.15) is 23.8 Å². The lowest BCUT2D eigenvalue weighted by molar-refractivity contribution is -0.147. The second-order valence-corrected chi connectivity index (χ2v) is 6.88. The first-order chi connectivity index (χ1) is 10.9. The van der Waals surface area contributed by atoms with Crippen molar-refractivity contribution in [3.8, 4) is 5.69 Å². The van der Waals surface area contributed by atoms with Gasteiger partial charge in [-0.1, -0.05) is 22.0 Å². The summed E-state index contributed by atoms with van der Waals surface area (Å²) in [5, 5.41) is 13.6. The molecular formula is C16H16BrN3O3. The van der Waals surface area contributed by atoms with Crippen LogP contribution in [0.5, 0.6) is 0 Å². The lowest BCUT2D eigenvalue weighted by Crippen LogP contribution is -2.35. The van der Waals surface area contributed by atoms with Crippen molar-refractivity contribution in [3.05, 3.63) is 46.7 Å². The minimum Gasteiger partial charge on any atom is -0.481 e. The Morgan fingerprint density at radius 3 is 2.78 bits per heavy atom. The molecule has 0 radical (unpaired) electrons. The number of benzene rings is 1. The number of carboxylic acid groups (broad SMARTS) is 1. The molecule has 0 saturated carbocycles. The average Bonchev–Trinajstić information content (AvgIpc) is 3.14. The minimum absolute atomic E-state index is 0.213. The molecule has 1 fully saturated rings. The summed E-state index contributed by atoms with van der Waals surface area (Å²) in [7, 11) is 0. The number of likely N-dealkylation sites (tertiary alicyclic amines) is 1. The molecule has 7 heteroatoms. The number of carbonyl (C=O) groups is 2. The van der Waals surface area contributed by atoms with Gasteiger partial charge in [0, 0.05) is 23.8 Å². The molecule has 1 aliphatic heterocycles. The summed E-state index contributed by atoms with van der Waals surface area (Å²) in [5.74, 6) is -1.10. The Balaban J connectivity index is 1.79. The third-order valence-electron chi connectivity index (χ3n) is 4.16. The van der Waals surface area contributed by atoms with Crippen LogP contribution >= 0.6 is 15.9 Å². The van der Waals surface area contributed by atoms with Crippen molar-refractivity contribution < 1.29 is 14.7 Å². The number of hydrogen-bond acceptors (Lipinski definition) is 3. The van der Waals surface area contributed by atoms with Crippen LogP contribution in [0, 0.1) is 5.41 Å². The summed E-state index contributed by atoms with van der Waals surface area (Å²) in [6, 6.07) is 9.25. The number of hydrogen-bond donors (Lipinski definition) is 1. The van der Waals surface area contributed by atoms with Crippen LogP contribution in [0.25, 0.3) is 5.69 Å². The van der Waals surface area contributed by atoms with Crippen LogP contribution < -0.4 is 0 Å². The van der Waals surface area contributed by atoms with E-state index in [0.717, 1.165) is 10.2 Å². The zero-order chi connectivity index (χ0) is 16.6. The van der Waals surface area contributed by atoms with Gasteiger partial charge < -0.3 is 10.0 Å². The predicted molar refractivity (Wildman–Crippen MR) is 87.5 cm³/mol. The number of nitrogens with zero attached hydrogens (tertiary/aromatic N) is 3. The highest BCUT2D eigenvalue weighted by Gasteiger charge is 2.42. The molecule has 2 aromatic rings. The lowest BCUT2D eigenvalue weighted by Gasteiger charge is -2.19. The monoisotopic (exact) mass is 377 g/mol. The maximum Gasteiger partial charge on any atom is 0.311 e. The van der Waals surface area contributed by atoms with Gasteiger partial charge in [0.25, 0.3) is 5.91 Å². The molecular weight excluding hydrogens is 362 g/mol. The first-order valence-corrected chi connectivity index (χ1v) is 8.03. The van der Waals surface area contributed by atoms with Gasteiger partial charge in [0.15, 0.2) is 5.69 Å². The number of halogens is 1. The molecule has 6 nitrogen and oxygen atoms in total. The van der Waals surface area contributed by atoms with Gasteiger partial charge in [-0.2, -0.15) is 5.10 Å². The summed E-state index contributed by atoms with van der Waals surface area (Å²) < 4.78 is 2.56. The molecule has 1 amide bonds.